The van der Waals surface area contributed by atoms with Crippen molar-refractivity contribution in [3.63, 3.8) is 0 Å². The third-order valence-corrected chi connectivity index (χ3v) is 8.87. The zero-order valence-electron chi connectivity index (χ0n) is 21.9. The number of carbonyl (C=O) groups excluding carboxylic acids is 1. The number of benzene rings is 2. The number of anilines is 1. The van der Waals surface area contributed by atoms with Crippen molar-refractivity contribution in [3.8, 4) is 5.75 Å². The second-order valence-electron chi connectivity index (χ2n) is 11.6. The fourth-order valence-corrected chi connectivity index (χ4v) is 6.55. The number of nitrogens with zero attached hydrogens (tertiary/aromatic N) is 2. The largest absolute Gasteiger partial charge is 0.489 e. The highest BCUT2D eigenvalue weighted by Crippen LogP contribution is 2.33. The number of likely N-dealkylation sites (tertiary alicyclic amines) is 1. The van der Waals surface area contributed by atoms with Crippen LogP contribution in [0.2, 0.25) is 5.02 Å². The molecule has 1 N–H and O–H groups in total. The molecule has 2 aliphatic heterocycles. The zero-order chi connectivity index (χ0) is 25.2. The lowest BCUT2D eigenvalue weighted by molar-refractivity contribution is -0.125. The summed E-state index contributed by atoms with van der Waals surface area (Å²) < 4.78 is 5.92. The topological polar surface area (TPSA) is 44.8 Å². The van der Waals surface area contributed by atoms with Crippen LogP contribution in [-0.2, 0) is 24.1 Å². The van der Waals surface area contributed by atoms with E-state index in [1.165, 1.54) is 55.3 Å². The first-order valence-electron chi connectivity index (χ1n) is 14.5. The fourth-order valence-electron chi connectivity index (χ4n) is 6.30. The van der Waals surface area contributed by atoms with Crippen molar-refractivity contribution in [3.05, 3.63) is 58.1 Å². The van der Waals surface area contributed by atoms with Crippen LogP contribution in [0.4, 0.5) is 5.69 Å². The predicted molar refractivity (Wildman–Crippen MR) is 150 cm³/mol. The normalized spacial score (nSPS) is 22.6. The highest BCUT2D eigenvalue weighted by molar-refractivity contribution is 6.32. The van der Waals surface area contributed by atoms with Crippen LogP contribution in [0.3, 0.4) is 0 Å². The molecule has 1 unspecified atom stereocenters. The standard InChI is InChI=1S/C31H40ClN3O2/c32-29-18-22(7-12-30(29)37-28-10-11-28)17-26(21-34-14-3-4-15-34)33-31(36)25-13-16-35(20-25)27-9-8-23-5-1-2-6-24(23)19-27/h7-9,12,18-19,25-26,28H,1-6,10-11,13-17,20-21H2,(H,33,36)/t25-,26?/m1/s1. The molecule has 0 aromatic heterocycles. The number of rotatable bonds is 9. The molecule has 4 aliphatic rings. The average molecular weight is 522 g/mol. The van der Waals surface area contributed by atoms with Gasteiger partial charge in [-0.05, 0) is 118 Å². The van der Waals surface area contributed by atoms with Crippen LogP contribution in [0.15, 0.2) is 36.4 Å². The van der Waals surface area contributed by atoms with Crippen molar-refractivity contribution in [2.24, 2.45) is 5.92 Å². The molecule has 37 heavy (non-hydrogen) atoms. The number of halogens is 1. The molecule has 2 heterocycles. The van der Waals surface area contributed by atoms with Crippen LogP contribution in [0.25, 0.3) is 0 Å². The van der Waals surface area contributed by atoms with E-state index in [-0.39, 0.29) is 17.9 Å². The maximum atomic E-state index is 13.5. The number of hydrogen-bond donors (Lipinski definition) is 1. The first-order valence-corrected chi connectivity index (χ1v) is 14.8. The average Bonchev–Trinajstić information content (AvgIpc) is 3.34. The Bertz CT molecular complexity index is 1110. The molecule has 0 bridgehead atoms. The SMILES string of the molecule is O=C(NC(Cc1ccc(OC2CC2)c(Cl)c1)CN1CCCC1)[C@@H]1CCN(c2ccc3c(c2)CCCC3)C1. The van der Waals surface area contributed by atoms with E-state index in [4.69, 9.17) is 16.3 Å². The molecule has 2 aromatic carbocycles. The van der Waals surface area contributed by atoms with Gasteiger partial charge in [0.1, 0.15) is 5.75 Å². The first kappa shape index (κ1) is 25.1. The molecule has 1 saturated carbocycles. The van der Waals surface area contributed by atoms with Gasteiger partial charge in [-0.25, -0.2) is 0 Å². The number of carbonyl (C=O) groups is 1. The summed E-state index contributed by atoms with van der Waals surface area (Å²) in [5.41, 5.74) is 5.46. The van der Waals surface area contributed by atoms with Crippen molar-refractivity contribution < 1.29 is 9.53 Å². The van der Waals surface area contributed by atoms with Crippen molar-refractivity contribution >= 4 is 23.2 Å². The number of ether oxygens (including phenoxy) is 1. The van der Waals surface area contributed by atoms with Gasteiger partial charge in [0.05, 0.1) is 17.0 Å². The second kappa shape index (κ2) is 11.2. The van der Waals surface area contributed by atoms with Gasteiger partial charge in [-0.15, -0.1) is 0 Å². The van der Waals surface area contributed by atoms with Crippen LogP contribution in [0.1, 0.15) is 61.6 Å². The van der Waals surface area contributed by atoms with Gasteiger partial charge in [-0.3, -0.25) is 4.79 Å². The molecule has 5 nitrogen and oxygen atoms in total. The van der Waals surface area contributed by atoms with Gasteiger partial charge in [-0.2, -0.15) is 0 Å². The number of aryl methyl sites for hydroxylation is 2. The summed E-state index contributed by atoms with van der Waals surface area (Å²) in [6, 6.07) is 13.2. The Morgan fingerprint density at radius 3 is 2.57 bits per heavy atom. The molecular weight excluding hydrogens is 482 g/mol. The van der Waals surface area contributed by atoms with E-state index in [0.717, 1.165) is 69.7 Å². The van der Waals surface area contributed by atoms with E-state index in [1.807, 2.05) is 12.1 Å². The van der Waals surface area contributed by atoms with Gasteiger partial charge in [0.2, 0.25) is 5.91 Å². The van der Waals surface area contributed by atoms with Crippen molar-refractivity contribution in [2.75, 3.05) is 37.6 Å². The van der Waals surface area contributed by atoms with E-state index in [9.17, 15) is 4.79 Å². The first-order chi connectivity index (χ1) is 18.1. The van der Waals surface area contributed by atoms with Gasteiger partial charge >= 0.3 is 0 Å². The van der Waals surface area contributed by atoms with Gasteiger partial charge in [0, 0.05) is 31.4 Å². The number of amides is 1. The van der Waals surface area contributed by atoms with Gasteiger partial charge in [0.15, 0.2) is 0 Å². The summed E-state index contributed by atoms with van der Waals surface area (Å²) in [7, 11) is 0. The minimum Gasteiger partial charge on any atom is -0.489 e. The van der Waals surface area contributed by atoms with E-state index >= 15 is 0 Å². The fraction of sp³-hybridized carbons (Fsp3) is 0.581. The minimum absolute atomic E-state index is 0.0371. The molecule has 0 radical (unpaired) electrons. The second-order valence-corrected chi connectivity index (χ2v) is 12.0. The molecule has 2 aliphatic carbocycles. The lowest BCUT2D eigenvalue weighted by Gasteiger charge is -2.26. The number of nitrogens with one attached hydrogen (secondary N) is 1. The third-order valence-electron chi connectivity index (χ3n) is 8.58. The summed E-state index contributed by atoms with van der Waals surface area (Å²) in [4.78, 5) is 18.4. The summed E-state index contributed by atoms with van der Waals surface area (Å²) >= 11 is 6.55. The van der Waals surface area contributed by atoms with Crippen LogP contribution in [0.5, 0.6) is 5.75 Å². The third kappa shape index (κ3) is 6.26. The van der Waals surface area contributed by atoms with Gasteiger partial charge < -0.3 is 19.9 Å². The van der Waals surface area contributed by atoms with Crippen LogP contribution < -0.4 is 15.0 Å². The quantitative estimate of drug-likeness (QED) is 0.479. The van der Waals surface area contributed by atoms with E-state index < -0.39 is 0 Å². The summed E-state index contributed by atoms with van der Waals surface area (Å²) in [6.07, 6.45) is 11.8. The number of hydrogen-bond acceptors (Lipinski definition) is 4. The summed E-state index contributed by atoms with van der Waals surface area (Å²) in [6.45, 7) is 4.89. The molecule has 0 spiro atoms. The predicted octanol–water partition coefficient (Wildman–Crippen LogP) is 5.41. The summed E-state index contributed by atoms with van der Waals surface area (Å²) in [5.74, 6) is 1.01. The van der Waals surface area contributed by atoms with Crippen molar-refractivity contribution in [1.82, 2.24) is 10.2 Å². The van der Waals surface area contributed by atoms with E-state index in [0.29, 0.717) is 11.1 Å². The van der Waals surface area contributed by atoms with Crippen LogP contribution in [0, 0.1) is 5.92 Å². The Kier molecular flexibility index (Phi) is 7.62. The Morgan fingerprint density at radius 2 is 1.78 bits per heavy atom. The highest BCUT2D eigenvalue weighted by Gasteiger charge is 2.31. The molecule has 2 atom stereocenters. The molecule has 3 fully saturated rings. The van der Waals surface area contributed by atoms with Gasteiger partial charge in [-0.1, -0.05) is 23.7 Å². The molecule has 6 heteroatoms. The highest BCUT2D eigenvalue weighted by atomic mass is 35.5. The summed E-state index contributed by atoms with van der Waals surface area (Å²) in [5, 5.41) is 4.12. The molecule has 1 amide bonds. The Balaban J connectivity index is 1.09. The Hall–Kier alpha value is -2.24. The number of fused-ring (bicyclic) bond motifs is 1. The minimum atomic E-state index is 0.0371. The lowest BCUT2D eigenvalue weighted by Crippen LogP contribution is -2.46. The molecule has 198 valence electrons. The Morgan fingerprint density at radius 1 is 0.973 bits per heavy atom. The molecule has 2 aromatic rings. The lowest BCUT2D eigenvalue weighted by atomic mass is 9.91. The Labute approximate surface area is 226 Å². The van der Waals surface area contributed by atoms with E-state index in [2.05, 4.69) is 39.4 Å². The van der Waals surface area contributed by atoms with Crippen molar-refractivity contribution in [1.29, 1.82) is 0 Å². The van der Waals surface area contributed by atoms with Crippen molar-refractivity contribution in [2.45, 2.75) is 76.4 Å². The monoisotopic (exact) mass is 521 g/mol. The molecule has 2 saturated heterocycles. The van der Waals surface area contributed by atoms with Crippen LogP contribution in [-0.4, -0.2) is 55.7 Å². The van der Waals surface area contributed by atoms with Crippen LogP contribution >= 0.6 is 11.6 Å². The van der Waals surface area contributed by atoms with Gasteiger partial charge in [0.25, 0.3) is 0 Å². The molecular formula is C31H40ClN3O2. The maximum absolute atomic E-state index is 13.5. The maximum Gasteiger partial charge on any atom is 0.225 e. The van der Waals surface area contributed by atoms with E-state index in [1.54, 1.807) is 0 Å². The smallest absolute Gasteiger partial charge is 0.225 e. The molecule has 6 rings (SSSR count). The zero-order valence-corrected chi connectivity index (χ0v) is 22.6.